The molecule has 0 aliphatic carbocycles. The lowest BCUT2D eigenvalue weighted by molar-refractivity contribution is 0.0937. The minimum Gasteiger partial charge on any atom is -0.383 e. The number of carbonyl (C=O) groups excluding carboxylic acids is 1. The van der Waals surface area contributed by atoms with Gasteiger partial charge in [-0.05, 0) is 36.4 Å². The van der Waals surface area contributed by atoms with Crippen molar-refractivity contribution < 1.29 is 18.4 Å². The summed E-state index contributed by atoms with van der Waals surface area (Å²) < 4.78 is 23.4. The highest BCUT2D eigenvalue weighted by Gasteiger charge is 2.12. The van der Waals surface area contributed by atoms with Gasteiger partial charge in [-0.15, -0.1) is 0 Å². The molecule has 0 unspecified atom stereocenters. The number of benzene rings is 2. The number of ether oxygens (including phenoxy) is 1. The molecule has 0 saturated carbocycles. The average Bonchev–Trinajstić information content (AvgIpc) is 3.12. The Kier molecular flexibility index (Phi) is 5.15. The summed E-state index contributed by atoms with van der Waals surface area (Å²) in [6.45, 7) is 0.895. The van der Waals surface area contributed by atoms with E-state index in [4.69, 9.17) is 9.26 Å². The van der Waals surface area contributed by atoms with Crippen LogP contribution in [0.1, 0.15) is 10.4 Å². The van der Waals surface area contributed by atoms with Gasteiger partial charge in [-0.3, -0.25) is 4.79 Å². The summed E-state index contributed by atoms with van der Waals surface area (Å²) >= 11 is 0. The second kappa shape index (κ2) is 7.67. The molecule has 0 bridgehead atoms. The number of hydrogen-bond acceptors (Lipinski definition) is 5. The van der Waals surface area contributed by atoms with Crippen molar-refractivity contribution in [3.05, 3.63) is 59.9 Å². The molecule has 0 aliphatic heterocycles. The SMILES string of the molecule is COCCNC(=O)c1ccc(-c2nc(-c3cccc(F)c3)no2)cc1. The molecule has 3 aromatic rings. The summed E-state index contributed by atoms with van der Waals surface area (Å²) in [4.78, 5) is 16.2. The maximum atomic E-state index is 13.3. The van der Waals surface area contributed by atoms with Crippen molar-refractivity contribution in [1.29, 1.82) is 0 Å². The molecule has 0 fully saturated rings. The lowest BCUT2D eigenvalue weighted by Crippen LogP contribution is -2.26. The summed E-state index contributed by atoms with van der Waals surface area (Å²) in [6.07, 6.45) is 0. The second-order valence-electron chi connectivity index (χ2n) is 5.26. The van der Waals surface area contributed by atoms with Crippen LogP contribution in [0.5, 0.6) is 0 Å². The molecule has 0 saturated heterocycles. The molecular weight excluding hydrogens is 325 g/mol. The van der Waals surface area contributed by atoms with E-state index >= 15 is 0 Å². The smallest absolute Gasteiger partial charge is 0.258 e. The highest BCUT2D eigenvalue weighted by molar-refractivity contribution is 5.94. The van der Waals surface area contributed by atoms with E-state index < -0.39 is 0 Å². The molecule has 1 N–H and O–H groups in total. The summed E-state index contributed by atoms with van der Waals surface area (Å²) in [5.41, 5.74) is 1.72. The molecule has 2 aromatic carbocycles. The Bertz CT molecular complexity index is 862. The molecule has 7 heteroatoms. The highest BCUT2D eigenvalue weighted by Crippen LogP contribution is 2.23. The van der Waals surface area contributed by atoms with Crippen molar-refractivity contribution in [2.75, 3.05) is 20.3 Å². The van der Waals surface area contributed by atoms with Crippen molar-refractivity contribution in [1.82, 2.24) is 15.5 Å². The van der Waals surface area contributed by atoms with E-state index in [0.717, 1.165) is 0 Å². The van der Waals surface area contributed by atoms with Crippen molar-refractivity contribution in [3.8, 4) is 22.8 Å². The predicted molar refractivity (Wildman–Crippen MR) is 89.3 cm³/mol. The molecule has 1 amide bonds. The number of hydrogen-bond donors (Lipinski definition) is 1. The monoisotopic (exact) mass is 341 g/mol. The fraction of sp³-hybridized carbons (Fsp3) is 0.167. The molecule has 0 spiro atoms. The van der Waals surface area contributed by atoms with Gasteiger partial charge in [0.1, 0.15) is 5.82 Å². The third-order valence-electron chi connectivity index (χ3n) is 3.49. The third kappa shape index (κ3) is 4.07. The standard InChI is InChI=1S/C18H16FN3O3/c1-24-10-9-20-17(23)12-5-7-13(8-6-12)18-21-16(22-25-18)14-3-2-4-15(19)11-14/h2-8,11H,9-10H2,1H3,(H,20,23). The van der Waals surface area contributed by atoms with Crippen LogP contribution in [-0.2, 0) is 4.74 Å². The lowest BCUT2D eigenvalue weighted by atomic mass is 10.1. The maximum Gasteiger partial charge on any atom is 0.258 e. The molecule has 1 aromatic heterocycles. The van der Waals surface area contributed by atoms with Gasteiger partial charge in [0.15, 0.2) is 0 Å². The van der Waals surface area contributed by atoms with Gasteiger partial charge in [0.05, 0.1) is 6.61 Å². The van der Waals surface area contributed by atoms with Crippen LogP contribution < -0.4 is 5.32 Å². The van der Waals surface area contributed by atoms with E-state index in [9.17, 15) is 9.18 Å². The molecule has 0 atom stereocenters. The number of rotatable bonds is 6. The molecule has 1 heterocycles. The Morgan fingerprint density at radius 1 is 1.20 bits per heavy atom. The largest absolute Gasteiger partial charge is 0.383 e. The molecule has 25 heavy (non-hydrogen) atoms. The zero-order valence-corrected chi connectivity index (χ0v) is 13.5. The summed E-state index contributed by atoms with van der Waals surface area (Å²) in [5, 5.41) is 6.60. The fourth-order valence-electron chi connectivity index (χ4n) is 2.22. The first-order valence-corrected chi connectivity index (χ1v) is 7.64. The number of halogens is 1. The van der Waals surface area contributed by atoms with Crippen molar-refractivity contribution in [2.45, 2.75) is 0 Å². The first kappa shape index (κ1) is 16.8. The van der Waals surface area contributed by atoms with Crippen molar-refractivity contribution in [3.63, 3.8) is 0 Å². The Morgan fingerprint density at radius 2 is 2.00 bits per heavy atom. The zero-order valence-electron chi connectivity index (χ0n) is 13.5. The molecule has 0 radical (unpaired) electrons. The van der Waals surface area contributed by atoms with Crippen molar-refractivity contribution >= 4 is 5.91 Å². The fourth-order valence-corrected chi connectivity index (χ4v) is 2.22. The van der Waals surface area contributed by atoms with Crippen LogP contribution in [0.3, 0.4) is 0 Å². The van der Waals surface area contributed by atoms with Crippen LogP contribution in [0.15, 0.2) is 53.1 Å². The Balaban J connectivity index is 1.74. The van der Waals surface area contributed by atoms with Gasteiger partial charge in [0.2, 0.25) is 5.82 Å². The van der Waals surface area contributed by atoms with Crippen LogP contribution in [0, 0.1) is 5.82 Å². The van der Waals surface area contributed by atoms with Crippen LogP contribution in [0.4, 0.5) is 4.39 Å². The number of nitrogens with one attached hydrogen (secondary N) is 1. The van der Waals surface area contributed by atoms with Gasteiger partial charge in [0, 0.05) is 30.3 Å². The van der Waals surface area contributed by atoms with Crippen LogP contribution in [0.25, 0.3) is 22.8 Å². The maximum absolute atomic E-state index is 13.3. The number of amides is 1. The summed E-state index contributed by atoms with van der Waals surface area (Å²) in [6, 6.07) is 12.7. The van der Waals surface area contributed by atoms with Crippen LogP contribution in [-0.4, -0.2) is 36.3 Å². The van der Waals surface area contributed by atoms with E-state index in [1.165, 1.54) is 12.1 Å². The molecule has 6 nitrogen and oxygen atoms in total. The molecule has 128 valence electrons. The highest BCUT2D eigenvalue weighted by atomic mass is 19.1. The minimum absolute atomic E-state index is 0.186. The van der Waals surface area contributed by atoms with E-state index in [2.05, 4.69) is 15.5 Å². The van der Waals surface area contributed by atoms with E-state index in [0.29, 0.717) is 41.6 Å². The number of aromatic nitrogens is 2. The van der Waals surface area contributed by atoms with E-state index in [-0.39, 0.29) is 11.7 Å². The number of carbonyl (C=O) groups is 1. The lowest BCUT2D eigenvalue weighted by Gasteiger charge is -2.04. The normalized spacial score (nSPS) is 10.6. The van der Waals surface area contributed by atoms with Gasteiger partial charge in [0.25, 0.3) is 11.8 Å². The second-order valence-corrected chi connectivity index (χ2v) is 5.26. The van der Waals surface area contributed by atoms with E-state index in [1.807, 2.05) is 0 Å². The summed E-state index contributed by atoms with van der Waals surface area (Å²) in [7, 11) is 1.57. The first-order valence-electron chi connectivity index (χ1n) is 7.64. The Labute approximate surface area is 143 Å². The molecule has 0 aliphatic rings. The van der Waals surface area contributed by atoms with Gasteiger partial charge in [-0.25, -0.2) is 4.39 Å². The molecule has 3 rings (SSSR count). The topological polar surface area (TPSA) is 77.2 Å². The van der Waals surface area contributed by atoms with Gasteiger partial charge >= 0.3 is 0 Å². The molecular formula is C18H16FN3O3. The quantitative estimate of drug-likeness (QED) is 0.698. The Hall–Kier alpha value is -3.06. The minimum atomic E-state index is -0.368. The first-order chi connectivity index (χ1) is 12.2. The van der Waals surface area contributed by atoms with Gasteiger partial charge in [-0.1, -0.05) is 17.3 Å². The van der Waals surface area contributed by atoms with Crippen LogP contribution in [0.2, 0.25) is 0 Å². The number of methoxy groups -OCH3 is 1. The zero-order chi connectivity index (χ0) is 17.6. The van der Waals surface area contributed by atoms with Gasteiger partial charge < -0.3 is 14.6 Å². The van der Waals surface area contributed by atoms with Gasteiger partial charge in [-0.2, -0.15) is 4.98 Å². The predicted octanol–water partition coefficient (Wildman–Crippen LogP) is 2.92. The van der Waals surface area contributed by atoms with E-state index in [1.54, 1.807) is 43.5 Å². The average molecular weight is 341 g/mol. The van der Waals surface area contributed by atoms with Crippen LogP contribution >= 0.6 is 0 Å². The third-order valence-corrected chi connectivity index (χ3v) is 3.49. The van der Waals surface area contributed by atoms with Crippen molar-refractivity contribution in [2.24, 2.45) is 0 Å². The number of nitrogens with zero attached hydrogens (tertiary/aromatic N) is 2. The summed E-state index contributed by atoms with van der Waals surface area (Å²) in [5.74, 6) is 0.0451. The Morgan fingerprint density at radius 3 is 2.72 bits per heavy atom.